The van der Waals surface area contributed by atoms with Crippen molar-refractivity contribution in [1.29, 1.82) is 0 Å². The van der Waals surface area contributed by atoms with Crippen molar-refractivity contribution in [3.8, 4) is 0 Å². The van der Waals surface area contributed by atoms with Crippen LogP contribution in [0.2, 0.25) is 0 Å². The van der Waals surface area contributed by atoms with Gasteiger partial charge in [-0.15, -0.1) is 0 Å². The minimum atomic E-state index is -0.369. The highest BCUT2D eigenvalue weighted by Gasteiger charge is 2.07. The predicted molar refractivity (Wildman–Crippen MR) is 46.9 cm³/mol. The number of fused-ring (bicyclic) bond motifs is 1. The van der Waals surface area contributed by atoms with Crippen LogP contribution in [-0.2, 0) is 11.2 Å². The van der Waals surface area contributed by atoms with Gasteiger partial charge in [0, 0.05) is 23.3 Å². The minimum Gasteiger partial charge on any atom is -0.464 e. The molecule has 2 aromatic rings. The normalized spacial score (nSPS) is 10.5. The lowest BCUT2D eigenvalue weighted by Crippen LogP contribution is -2.13. The third-order valence-corrected chi connectivity index (χ3v) is 1.82. The van der Waals surface area contributed by atoms with E-state index in [4.69, 9.17) is 10.2 Å². The van der Waals surface area contributed by atoms with Crippen LogP contribution in [0.1, 0.15) is 5.56 Å². The number of hydrogen-bond donors (Lipinski definition) is 1. The maximum Gasteiger partial charge on any atom is 0.221 e. The first kappa shape index (κ1) is 7.79. The third kappa shape index (κ3) is 1.38. The third-order valence-electron chi connectivity index (χ3n) is 1.82. The van der Waals surface area contributed by atoms with E-state index >= 15 is 0 Å². The Kier molecular flexibility index (Phi) is 1.73. The zero-order valence-corrected chi connectivity index (χ0v) is 6.86. The molecule has 2 heterocycles. The number of nitrogens with zero attached hydrogens (tertiary/aromatic N) is 1. The van der Waals surface area contributed by atoms with Gasteiger partial charge >= 0.3 is 0 Å². The van der Waals surface area contributed by atoms with Crippen LogP contribution < -0.4 is 5.73 Å². The van der Waals surface area contributed by atoms with E-state index in [2.05, 4.69) is 4.98 Å². The molecule has 4 heteroatoms. The van der Waals surface area contributed by atoms with E-state index in [9.17, 15) is 4.79 Å². The molecule has 0 saturated carbocycles. The Hall–Kier alpha value is -1.84. The summed E-state index contributed by atoms with van der Waals surface area (Å²) in [5.74, 6) is -0.369. The number of pyridine rings is 1. The number of carbonyl (C=O) groups is 1. The molecule has 0 saturated heterocycles. The second kappa shape index (κ2) is 2.90. The highest BCUT2D eigenvalue weighted by Crippen LogP contribution is 2.19. The maximum absolute atomic E-state index is 10.7. The number of nitrogens with two attached hydrogens (primary N) is 1. The van der Waals surface area contributed by atoms with Gasteiger partial charge in [-0.25, -0.2) is 0 Å². The number of aromatic nitrogens is 1. The molecule has 0 spiro atoms. The van der Waals surface area contributed by atoms with Crippen LogP contribution in [0.3, 0.4) is 0 Å². The fourth-order valence-corrected chi connectivity index (χ4v) is 1.25. The molecule has 13 heavy (non-hydrogen) atoms. The molecule has 4 nitrogen and oxygen atoms in total. The topological polar surface area (TPSA) is 69.1 Å². The number of carbonyl (C=O) groups excluding carboxylic acids is 1. The first-order valence-corrected chi connectivity index (χ1v) is 3.86. The first-order chi connectivity index (χ1) is 6.27. The van der Waals surface area contributed by atoms with Gasteiger partial charge in [0.1, 0.15) is 5.58 Å². The van der Waals surface area contributed by atoms with E-state index in [0.29, 0.717) is 0 Å². The number of furan rings is 1. The Morgan fingerprint density at radius 3 is 3.23 bits per heavy atom. The van der Waals surface area contributed by atoms with Crippen molar-refractivity contribution < 1.29 is 9.21 Å². The lowest BCUT2D eigenvalue weighted by molar-refractivity contribution is -0.117. The summed E-state index contributed by atoms with van der Waals surface area (Å²) in [6, 6.07) is 1.75. The van der Waals surface area contributed by atoms with Gasteiger partial charge in [-0.3, -0.25) is 9.78 Å². The molecule has 2 aromatic heterocycles. The van der Waals surface area contributed by atoms with E-state index in [1.54, 1.807) is 18.5 Å². The van der Waals surface area contributed by atoms with E-state index in [1.165, 1.54) is 6.26 Å². The van der Waals surface area contributed by atoms with E-state index < -0.39 is 0 Å². The molecule has 66 valence electrons. The maximum atomic E-state index is 10.7. The summed E-state index contributed by atoms with van der Waals surface area (Å²) in [5.41, 5.74) is 6.59. The number of hydrogen-bond acceptors (Lipinski definition) is 3. The Morgan fingerprint density at radius 2 is 2.46 bits per heavy atom. The molecule has 0 aliphatic rings. The molecule has 0 aromatic carbocycles. The van der Waals surface area contributed by atoms with Crippen LogP contribution >= 0.6 is 0 Å². The van der Waals surface area contributed by atoms with Crippen molar-refractivity contribution in [2.75, 3.05) is 0 Å². The fraction of sp³-hybridized carbons (Fsp3) is 0.111. The van der Waals surface area contributed by atoms with E-state index in [-0.39, 0.29) is 12.3 Å². The van der Waals surface area contributed by atoms with Crippen LogP contribution in [0, 0.1) is 0 Å². The summed E-state index contributed by atoms with van der Waals surface area (Å²) in [6.45, 7) is 0. The molecule has 0 fully saturated rings. The lowest BCUT2D eigenvalue weighted by Gasteiger charge is -1.91. The Labute approximate surface area is 74.4 Å². The molecule has 0 aliphatic heterocycles. The molecule has 0 bridgehead atoms. The highest BCUT2D eigenvalue weighted by atomic mass is 16.3. The smallest absolute Gasteiger partial charge is 0.221 e. The van der Waals surface area contributed by atoms with Gasteiger partial charge < -0.3 is 10.2 Å². The van der Waals surface area contributed by atoms with Crippen molar-refractivity contribution in [3.05, 3.63) is 30.3 Å². The lowest BCUT2D eigenvalue weighted by atomic mass is 10.1. The van der Waals surface area contributed by atoms with Crippen molar-refractivity contribution in [1.82, 2.24) is 4.98 Å². The first-order valence-electron chi connectivity index (χ1n) is 3.86. The molecule has 2 N–H and O–H groups in total. The molecule has 0 radical (unpaired) electrons. The Bertz CT molecular complexity index is 448. The molecule has 0 aliphatic carbocycles. The van der Waals surface area contributed by atoms with Gasteiger partial charge in [0.2, 0.25) is 5.91 Å². The standard InChI is InChI=1S/C9H8N2O2/c10-9(12)3-6-5-13-8-1-2-11-4-7(6)8/h1-2,4-5H,3H2,(H2,10,12). The van der Waals surface area contributed by atoms with Crippen molar-refractivity contribution in [2.24, 2.45) is 5.73 Å². The summed E-state index contributed by atoms with van der Waals surface area (Å²) < 4.78 is 5.20. The summed E-state index contributed by atoms with van der Waals surface area (Å²) in [7, 11) is 0. The molecular weight excluding hydrogens is 168 g/mol. The van der Waals surface area contributed by atoms with Gasteiger partial charge in [-0.1, -0.05) is 0 Å². The minimum absolute atomic E-state index is 0.193. The quantitative estimate of drug-likeness (QED) is 0.737. The van der Waals surface area contributed by atoms with Crippen LogP contribution in [0.4, 0.5) is 0 Å². The summed E-state index contributed by atoms with van der Waals surface area (Å²) >= 11 is 0. The zero-order chi connectivity index (χ0) is 9.26. The van der Waals surface area contributed by atoms with E-state index in [1.807, 2.05) is 0 Å². The van der Waals surface area contributed by atoms with Gasteiger partial charge in [-0.2, -0.15) is 0 Å². The highest BCUT2D eigenvalue weighted by molar-refractivity contribution is 5.86. The van der Waals surface area contributed by atoms with E-state index in [0.717, 1.165) is 16.5 Å². The number of primary amides is 1. The summed E-state index contributed by atoms with van der Waals surface area (Å²) in [6.07, 6.45) is 5.03. The van der Waals surface area contributed by atoms with Gasteiger partial charge in [0.05, 0.1) is 12.7 Å². The monoisotopic (exact) mass is 176 g/mol. The van der Waals surface area contributed by atoms with Crippen molar-refractivity contribution in [2.45, 2.75) is 6.42 Å². The molecular formula is C9H8N2O2. The van der Waals surface area contributed by atoms with Crippen LogP contribution in [-0.4, -0.2) is 10.9 Å². The van der Waals surface area contributed by atoms with Crippen LogP contribution in [0.5, 0.6) is 0 Å². The van der Waals surface area contributed by atoms with Crippen LogP contribution in [0.25, 0.3) is 11.0 Å². The Morgan fingerprint density at radius 1 is 1.62 bits per heavy atom. The molecule has 0 unspecified atom stereocenters. The molecule has 1 amide bonds. The molecule has 2 rings (SSSR count). The largest absolute Gasteiger partial charge is 0.464 e. The number of amides is 1. The fourth-order valence-electron chi connectivity index (χ4n) is 1.25. The van der Waals surface area contributed by atoms with Crippen molar-refractivity contribution >= 4 is 16.9 Å². The number of rotatable bonds is 2. The predicted octanol–water partition coefficient (Wildman–Crippen LogP) is 0.856. The zero-order valence-electron chi connectivity index (χ0n) is 6.86. The second-order valence-electron chi connectivity index (χ2n) is 2.78. The van der Waals surface area contributed by atoms with Crippen LogP contribution in [0.15, 0.2) is 29.1 Å². The van der Waals surface area contributed by atoms with Crippen molar-refractivity contribution in [3.63, 3.8) is 0 Å². The summed E-state index contributed by atoms with van der Waals surface area (Å²) in [4.78, 5) is 14.6. The second-order valence-corrected chi connectivity index (χ2v) is 2.78. The van der Waals surface area contributed by atoms with Gasteiger partial charge in [-0.05, 0) is 6.07 Å². The molecule has 0 atom stereocenters. The average molecular weight is 176 g/mol. The Balaban J connectivity index is 2.51. The van der Waals surface area contributed by atoms with Gasteiger partial charge in [0.15, 0.2) is 0 Å². The SMILES string of the molecule is NC(=O)Cc1coc2ccncc12. The summed E-state index contributed by atoms with van der Waals surface area (Å²) in [5, 5.41) is 0.848. The average Bonchev–Trinajstić information content (AvgIpc) is 2.48. The van der Waals surface area contributed by atoms with Gasteiger partial charge in [0.25, 0.3) is 0 Å².